The van der Waals surface area contributed by atoms with E-state index < -0.39 is 0 Å². The highest BCUT2D eigenvalue weighted by atomic mass is 32.1. The number of aromatic nitrogens is 3. The second-order valence-electron chi connectivity index (χ2n) is 5.97. The number of hydrogen-bond donors (Lipinski definition) is 2. The normalized spacial score (nSPS) is 10.7. The lowest BCUT2D eigenvalue weighted by Gasteiger charge is -2.00. The molecular formula is C19H15N5O3S2. The Balaban J connectivity index is 1.34. The fraction of sp³-hybridized carbons (Fsp3) is 0.105. The summed E-state index contributed by atoms with van der Waals surface area (Å²) in [4.78, 5) is 37.4. The van der Waals surface area contributed by atoms with Crippen LogP contribution in [0.5, 0.6) is 0 Å². The molecule has 0 aliphatic heterocycles. The minimum absolute atomic E-state index is 0.0790. The van der Waals surface area contributed by atoms with Gasteiger partial charge in [0.05, 0.1) is 29.6 Å². The van der Waals surface area contributed by atoms with Gasteiger partial charge in [0.1, 0.15) is 11.5 Å². The predicted octanol–water partition coefficient (Wildman–Crippen LogP) is 4.00. The SMILES string of the molecule is Cc1occc1C(=O)Nc1nc(CC(=O)Nc2nc(-c3ccccn3)cs2)cs1. The minimum atomic E-state index is -0.300. The molecule has 29 heavy (non-hydrogen) atoms. The van der Waals surface area contributed by atoms with Crippen molar-refractivity contribution in [3.8, 4) is 11.4 Å². The summed E-state index contributed by atoms with van der Waals surface area (Å²) in [5.41, 5.74) is 2.47. The van der Waals surface area contributed by atoms with Gasteiger partial charge in [-0.05, 0) is 25.1 Å². The lowest BCUT2D eigenvalue weighted by Crippen LogP contribution is -2.15. The third kappa shape index (κ3) is 4.55. The van der Waals surface area contributed by atoms with Crippen LogP contribution in [-0.2, 0) is 11.2 Å². The molecule has 4 aromatic heterocycles. The Labute approximate surface area is 173 Å². The van der Waals surface area contributed by atoms with Crippen LogP contribution in [0.2, 0.25) is 0 Å². The summed E-state index contributed by atoms with van der Waals surface area (Å²) in [6, 6.07) is 7.17. The number of nitrogens with zero attached hydrogens (tertiary/aromatic N) is 3. The molecule has 0 bridgehead atoms. The van der Waals surface area contributed by atoms with E-state index in [0.29, 0.717) is 33.0 Å². The van der Waals surface area contributed by atoms with Crippen molar-refractivity contribution in [2.24, 2.45) is 0 Å². The van der Waals surface area contributed by atoms with Crippen molar-refractivity contribution in [1.29, 1.82) is 0 Å². The van der Waals surface area contributed by atoms with E-state index in [9.17, 15) is 9.59 Å². The zero-order valence-corrected chi connectivity index (χ0v) is 16.8. The van der Waals surface area contributed by atoms with E-state index in [2.05, 4.69) is 25.6 Å². The Kier molecular flexibility index (Phi) is 5.45. The maximum absolute atomic E-state index is 12.3. The standard InChI is InChI=1S/C19H15N5O3S2/c1-11-13(5-7-27-11)17(26)24-18-21-12(9-28-18)8-16(25)23-19-22-15(10-29-19)14-4-2-3-6-20-14/h2-7,9-10H,8H2,1H3,(H,21,24,26)(H,22,23,25). The molecule has 10 heteroatoms. The number of hydrogen-bond acceptors (Lipinski definition) is 8. The van der Waals surface area contributed by atoms with Crippen LogP contribution in [-0.4, -0.2) is 26.8 Å². The van der Waals surface area contributed by atoms with Gasteiger partial charge < -0.3 is 9.73 Å². The third-order valence-electron chi connectivity index (χ3n) is 3.90. The van der Waals surface area contributed by atoms with Crippen molar-refractivity contribution >= 4 is 44.8 Å². The first-order valence-electron chi connectivity index (χ1n) is 8.55. The molecule has 0 saturated carbocycles. The van der Waals surface area contributed by atoms with Crippen molar-refractivity contribution in [2.45, 2.75) is 13.3 Å². The summed E-state index contributed by atoms with van der Waals surface area (Å²) < 4.78 is 5.13. The molecular weight excluding hydrogens is 410 g/mol. The van der Waals surface area contributed by atoms with Crippen LogP contribution in [0.1, 0.15) is 21.8 Å². The van der Waals surface area contributed by atoms with E-state index in [0.717, 1.165) is 5.69 Å². The molecule has 0 fully saturated rings. The van der Waals surface area contributed by atoms with E-state index in [1.807, 2.05) is 23.6 Å². The lowest BCUT2D eigenvalue weighted by atomic mass is 10.2. The second-order valence-corrected chi connectivity index (χ2v) is 7.68. The topological polar surface area (TPSA) is 110 Å². The van der Waals surface area contributed by atoms with Gasteiger partial charge in [-0.1, -0.05) is 6.07 Å². The maximum atomic E-state index is 12.3. The van der Waals surface area contributed by atoms with Gasteiger partial charge in [0.15, 0.2) is 10.3 Å². The van der Waals surface area contributed by atoms with E-state index in [1.54, 1.807) is 24.6 Å². The number of pyridine rings is 1. The minimum Gasteiger partial charge on any atom is -0.469 e. The first-order chi connectivity index (χ1) is 14.1. The molecule has 0 aromatic carbocycles. The molecule has 0 radical (unpaired) electrons. The summed E-state index contributed by atoms with van der Waals surface area (Å²) in [6.07, 6.45) is 3.23. The van der Waals surface area contributed by atoms with E-state index in [4.69, 9.17) is 4.42 Å². The number of thiazole rings is 2. The molecule has 4 aromatic rings. The van der Waals surface area contributed by atoms with Crippen LogP contribution >= 0.6 is 22.7 Å². The van der Waals surface area contributed by atoms with Gasteiger partial charge >= 0.3 is 0 Å². The molecule has 0 saturated heterocycles. The Morgan fingerprint density at radius 2 is 1.86 bits per heavy atom. The number of rotatable bonds is 6. The average molecular weight is 425 g/mol. The van der Waals surface area contributed by atoms with Gasteiger partial charge in [0.25, 0.3) is 5.91 Å². The Bertz CT molecular complexity index is 1150. The van der Waals surface area contributed by atoms with Gasteiger partial charge in [0, 0.05) is 17.0 Å². The molecule has 4 rings (SSSR count). The maximum Gasteiger partial charge on any atom is 0.260 e. The number of carbonyl (C=O) groups excluding carboxylic acids is 2. The summed E-state index contributed by atoms with van der Waals surface area (Å²) in [7, 11) is 0. The molecule has 4 heterocycles. The number of furan rings is 1. The highest BCUT2D eigenvalue weighted by molar-refractivity contribution is 7.14. The van der Waals surface area contributed by atoms with Crippen molar-refractivity contribution in [3.63, 3.8) is 0 Å². The summed E-state index contributed by atoms with van der Waals surface area (Å²) in [5, 5.41) is 9.97. The number of aryl methyl sites for hydroxylation is 1. The van der Waals surface area contributed by atoms with Gasteiger partial charge in [-0.3, -0.25) is 19.9 Å². The van der Waals surface area contributed by atoms with Crippen LogP contribution in [0.3, 0.4) is 0 Å². The fourth-order valence-electron chi connectivity index (χ4n) is 2.52. The molecule has 0 aliphatic carbocycles. The zero-order valence-electron chi connectivity index (χ0n) is 15.2. The molecule has 0 spiro atoms. The summed E-state index contributed by atoms with van der Waals surface area (Å²) in [6.45, 7) is 1.71. The van der Waals surface area contributed by atoms with Crippen LogP contribution in [0.15, 0.2) is 51.9 Å². The highest BCUT2D eigenvalue weighted by Gasteiger charge is 2.15. The molecule has 2 amide bonds. The monoisotopic (exact) mass is 425 g/mol. The molecule has 0 aliphatic rings. The third-order valence-corrected chi connectivity index (χ3v) is 5.46. The van der Waals surface area contributed by atoms with Gasteiger partial charge in [-0.15, -0.1) is 22.7 Å². The fourth-order valence-corrected chi connectivity index (χ4v) is 3.95. The number of anilines is 2. The predicted molar refractivity (Wildman–Crippen MR) is 111 cm³/mol. The van der Waals surface area contributed by atoms with Crippen LogP contribution in [0.25, 0.3) is 11.4 Å². The average Bonchev–Trinajstić information content (AvgIpc) is 3.44. The smallest absolute Gasteiger partial charge is 0.260 e. The van der Waals surface area contributed by atoms with Crippen molar-refractivity contribution in [1.82, 2.24) is 15.0 Å². The zero-order chi connectivity index (χ0) is 20.2. The molecule has 8 nitrogen and oxygen atoms in total. The number of carbonyl (C=O) groups is 2. The van der Waals surface area contributed by atoms with Crippen LogP contribution in [0.4, 0.5) is 10.3 Å². The van der Waals surface area contributed by atoms with Gasteiger partial charge in [0.2, 0.25) is 5.91 Å². The van der Waals surface area contributed by atoms with Crippen molar-refractivity contribution < 1.29 is 14.0 Å². The summed E-state index contributed by atoms with van der Waals surface area (Å²) >= 11 is 2.59. The Morgan fingerprint density at radius 1 is 1.03 bits per heavy atom. The summed E-state index contributed by atoms with van der Waals surface area (Å²) in [5.74, 6) is -0.000563. The van der Waals surface area contributed by atoms with Crippen LogP contribution in [0, 0.1) is 6.92 Å². The lowest BCUT2D eigenvalue weighted by molar-refractivity contribution is -0.115. The van der Waals surface area contributed by atoms with E-state index in [-0.39, 0.29) is 18.2 Å². The number of amides is 2. The first-order valence-corrected chi connectivity index (χ1v) is 10.3. The molecule has 146 valence electrons. The van der Waals surface area contributed by atoms with Crippen molar-refractivity contribution in [2.75, 3.05) is 10.6 Å². The van der Waals surface area contributed by atoms with E-state index >= 15 is 0 Å². The Morgan fingerprint density at radius 3 is 2.62 bits per heavy atom. The van der Waals surface area contributed by atoms with Gasteiger partial charge in [-0.2, -0.15) is 0 Å². The quantitative estimate of drug-likeness (QED) is 0.483. The largest absolute Gasteiger partial charge is 0.469 e. The Hall–Kier alpha value is -3.37. The molecule has 2 N–H and O–H groups in total. The molecule has 0 atom stereocenters. The molecule has 0 unspecified atom stereocenters. The van der Waals surface area contributed by atoms with E-state index in [1.165, 1.54) is 28.9 Å². The van der Waals surface area contributed by atoms with Gasteiger partial charge in [-0.25, -0.2) is 9.97 Å². The second kappa shape index (κ2) is 8.33. The van der Waals surface area contributed by atoms with Crippen molar-refractivity contribution in [3.05, 3.63) is 64.5 Å². The van der Waals surface area contributed by atoms with Crippen LogP contribution < -0.4 is 10.6 Å². The first kappa shape index (κ1) is 19.0. The highest BCUT2D eigenvalue weighted by Crippen LogP contribution is 2.23. The number of nitrogens with one attached hydrogen (secondary N) is 2.